The molecule has 3 N–H and O–H groups in total. The number of hydrogen-bond donors (Lipinski definition) is 2. The Bertz CT molecular complexity index is 334. The lowest BCUT2D eigenvalue weighted by Crippen LogP contribution is -2.44. The fourth-order valence-electron chi connectivity index (χ4n) is 1.74. The second-order valence-electron chi connectivity index (χ2n) is 3.92. The van der Waals surface area contributed by atoms with E-state index in [4.69, 9.17) is 10.5 Å². The molecule has 0 spiro atoms. The van der Waals surface area contributed by atoms with Crippen LogP contribution in [0.4, 0.5) is 0 Å². The molecule has 5 heteroatoms. The molecular weight excluding hydrogens is 224 g/mol. The SMILES string of the molecule is NC(C(=O)NC1CCCOC1)c1cccs1. The summed E-state index contributed by atoms with van der Waals surface area (Å²) >= 11 is 1.50. The van der Waals surface area contributed by atoms with Crippen LogP contribution >= 0.6 is 11.3 Å². The summed E-state index contributed by atoms with van der Waals surface area (Å²) in [5.41, 5.74) is 5.86. The summed E-state index contributed by atoms with van der Waals surface area (Å²) in [7, 11) is 0. The zero-order valence-electron chi connectivity index (χ0n) is 9.02. The van der Waals surface area contributed by atoms with Gasteiger partial charge in [0.2, 0.25) is 5.91 Å². The van der Waals surface area contributed by atoms with Gasteiger partial charge in [-0.2, -0.15) is 0 Å². The molecule has 2 atom stereocenters. The van der Waals surface area contributed by atoms with Gasteiger partial charge >= 0.3 is 0 Å². The van der Waals surface area contributed by atoms with Crippen LogP contribution in [0.5, 0.6) is 0 Å². The van der Waals surface area contributed by atoms with Crippen molar-refractivity contribution in [1.82, 2.24) is 5.32 Å². The van der Waals surface area contributed by atoms with Crippen LogP contribution in [0.3, 0.4) is 0 Å². The van der Waals surface area contributed by atoms with Crippen LogP contribution in [-0.4, -0.2) is 25.2 Å². The van der Waals surface area contributed by atoms with Gasteiger partial charge in [-0.15, -0.1) is 11.3 Å². The van der Waals surface area contributed by atoms with E-state index >= 15 is 0 Å². The molecule has 1 aliphatic rings. The van der Waals surface area contributed by atoms with Gasteiger partial charge in [0.1, 0.15) is 6.04 Å². The van der Waals surface area contributed by atoms with Gasteiger partial charge in [0.15, 0.2) is 0 Å². The Hall–Kier alpha value is -0.910. The number of hydrogen-bond acceptors (Lipinski definition) is 4. The third-order valence-electron chi connectivity index (χ3n) is 2.64. The summed E-state index contributed by atoms with van der Waals surface area (Å²) in [6.45, 7) is 1.40. The largest absolute Gasteiger partial charge is 0.379 e. The lowest BCUT2D eigenvalue weighted by Gasteiger charge is -2.24. The van der Waals surface area contributed by atoms with E-state index in [-0.39, 0.29) is 11.9 Å². The van der Waals surface area contributed by atoms with Crippen LogP contribution in [0.2, 0.25) is 0 Å². The number of nitrogens with two attached hydrogens (primary N) is 1. The van der Waals surface area contributed by atoms with Crippen molar-refractivity contribution in [3.63, 3.8) is 0 Å². The Balaban J connectivity index is 1.87. The summed E-state index contributed by atoms with van der Waals surface area (Å²) < 4.78 is 5.30. The number of carbonyl (C=O) groups is 1. The lowest BCUT2D eigenvalue weighted by molar-refractivity contribution is -0.124. The first-order valence-electron chi connectivity index (χ1n) is 5.44. The van der Waals surface area contributed by atoms with Crippen LogP contribution < -0.4 is 11.1 Å². The summed E-state index contributed by atoms with van der Waals surface area (Å²) in [5, 5.41) is 4.85. The van der Waals surface area contributed by atoms with Gasteiger partial charge in [-0.05, 0) is 24.3 Å². The van der Waals surface area contributed by atoms with Crippen molar-refractivity contribution >= 4 is 17.2 Å². The molecule has 4 nitrogen and oxygen atoms in total. The van der Waals surface area contributed by atoms with Gasteiger partial charge in [-0.3, -0.25) is 4.79 Å². The molecule has 1 fully saturated rings. The van der Waals surface area contributed by atoms with Crippen molar-refractivity contribution in [1.29, 1.82) is 0 Å². The van der Waals surface area contributed by atoms with E-state index in [0.29, 0.717) is 6.61 Å². The molecule has 0 bridgehead atoms. The van der Waals surface area contributed by atoms with Crippen LogP contribution in [-0.2, 0) is 9.53 Å². The molecule has 0 aromatic carbocycles. The third kappa shape index (κ3) is 2.81. The fraction of sp³-hybridized carbons (Fsp3) is 0.545. The predicted molar refractivity (Wildman–Crippen MR) is 63.2 cm³/mol. The highest BCUT2D eigenvalue weighted by atomic mass is 32.1. The number of thiophene rings is 1. The molecular formula is C11H16N2O2S. The summed E-state index contributed by atoms with van der Waals surface area (Å²) in [4.78, 5) is 12.7. The van der Waals surface area contributed by atoms with Gasteiger partial charge in [0, 0.05) is 11.5 Å². The highest BCUT2D eigenvalue weighted by Gasteiger charge is 2.21. The van der Waals surface area contributed by atoms with Gasteiger partial charge in [-0.25, -0.2) is 0 Å². The van der Waals surface area contributed by atoms with E-state index in [1.807, 2.05) is 17.5 Å². The molecule has 2 unspecified atom stereocenters. The van der Waals surface area contributed by atoms with E-state index in [0.717, 1.165) is 24.3 Å². The van der Waals surface area contributed by atoms with Crippen LogP contribution in [0.15, 0.2) is 17.5 Å². The van der Waals surface area contributed by atoms with Crippen molar-refractivity contribution in [3.8, 4) is 0 Å². The molecule has 0 radical (unpaired) electrons. The minimum Gasteiger partial charge on any atom is -0.379 e. The normalized spacial score (nSPS) is 22.7. The maximum absolute atomic E-state index is 11.8. The topological polar surface area (TPSA) is 64.4 Å². The van der Waals surface area contributed by atoms with Crippen molar-refractivity contribution < 1.29 is 9.53 Å². The molecule has 2 rings (SSSR count). The highest BCUT2D eigenvalue weighted by molar-refractivity contribution is 7.10. The second kappa shape index (κ2) is 5.43. The Morgan fingerprint density at radius 3 is 3.19 bits per heavy atom. The summed E-state index contributed by atoms with van der Waals surface area (Å²) in [6, 6.07) is 3.34. The third-order valence-corrected chi connectivity index (χ3v) is 3.59. The first-order valence-corrected chi connectivity index (χ1v) is 6.32. The summed E-state index contributed by atoms with van der Waals surface area (Å²) in [5.74, 6) is -0.113. The molecule has 2 heterocycles. The predicted octanol–water partition coefficient (Wildman–Crippen LogP) is 1.04. The van der Waals surface area contributed by atoms with Crippen molar-refractivity contribution in [3.05, 3.63) is 22.4 Å². The first-order chi connectivity index (χ1) is 7.77. The molecule has 0 saturated carbocycles. The molecule has 16 heavy (non-hydrogen) atoms. The minimum absolute atomic E-state index is 0.113. The quantitative estimate of drug-likeness (QED) is 0.830. The highest BCUT2D eigenvalue weighted by Crippen LogP contribution is 2.17. The number of rotatable bonds is 3. The van der Waals surface area contributed by atoms with Crippen molar-refractivity contribution in [2.24, 2.45) is 5.73 Å². The maximum atomic E-state index is 11.8. The minimum atomic E-state index is -0.554. The Labute approximate surface area is 98.8 Å². The van der Waals surface area contributed by atoms with Gasteiger partial charge < -0.3 is 15.8 Å². The van der Waals surface area contributed by atoms with E-state index < -0.39 is 6.04 Å². The average molecular weight is 240 g/mol. The molecule has 0 aliphatic carbocycles. The molecule has 1 aromatic heterocycles. The smallest absolute Gasteiger partial charge is 0.242 e. The van der Waals surface area contributed by atoms with Crippen molar-refractivity contribution in [2.75, 3.05) is 13.2 Å². The van der Waals surface area contributed by atoms with E-state index in [9.17, 15) is 4.79 Å². The van der Waals surface area contributed by atoms with Crippen LogP contribution in [0.25, 0.3) is 0 Å². The summed E-state index contributed by atoms with van der Waals surface area (Å²) in [6.07, 6.45) is 1.97. The van der Waals surface area contributed by atoms with E-state index in [1.54, 1.807) is 0 Å². The molecule has 1 aliphatic heterocycles. The van der Waals surface area contributed by atoms with E-state index in [1.165, 1.54) is 11.3 Å². The van der Waals surface area contributed by atoms with Gasteiger partial charge in [0.25, 0.3) is 0 Å². The zero-order chi connectivity index (χ0) is 11.4. The number of carbonyl (C=O) groups excluding carboxylic acids is 1. The fourth-order valence-corrected chi connectivity index (χ4v) is 2.47. The standard InChI is InChI=1S/C11H16N2O2S/c12-10(9-4-2-6-16-9)11(14)13-8-3-1-5-15-7-8/h2,4,6,8,10H,1,3,5,7,12H2,(H,13,14). The monoisotopic (exact) mass is 240 g/mol. The van der Waals surface area contributed by atoms with E-state index in [2.05, 4.69) is 5.32 Å². The van der Waals surface area contributed by atoms with Crippen LogP contribution in [0.1, 0.15) is 23.8 Å². The Morgan fingerprint density at radius 1 is 1.69 bits per heavy atom. The number of amides is 1. The second-order valence-corrected chi connectivity index (χ2v) is 4.90. The van der Waals surface area contributed by atoms with Gasteiger partial charge in [0.05, 0.1) is 12.6 Å². The van der Waals surface area contributed by atoms with Crippen LogP contribution in [0, 0.1) is 0 Å². The Kier molecular flexibility index (Phi) is 3.93. The zero-order valence-corrected chi connectivity index (χ0v) is 9.83. The van der Waals surface area contributed by atoms with Gasteiger partial charge in [-0.1, -0.05) is 6.07 Å². The number of nitrogens with one attached hydrogen (secondary N) is 1. The Morgan fingerprint density at radius 2 is 2.56 bits per heavy atom. The maximum Gasteiger partial charge on any atom is 0.242 e. The molecule has 1 aromatic rings. The average Bonchev–Trinajstić information content (AvgIpc) is 2.83. The first kappa shape index (κ1) is 11.6. The number of ether oxygens (including phenoxy) is 1. The lowest BCUT2D eigenvalue weighted by atomic mass is 10.1. The molecule has 1 saturated heterocycles. The van der Waals surface area contributed by atoms with Crippen molar-refractivity contribution in [2.45, 2.75) is 24.9 Å². The molecule has 1 amide bonds. The molecule has 88 valence electrons.